The van der Waals surface area contributed by atoms with Crippen LogP contribution < -0.4 is 0 Å². The van der Waals surface area contributed by atoms with Crippen LogP contribution in [0.1, 0.15) is 22.4 Å². The van der Waals surface area contributed by atoms with E-state index in [1.54, 1.807) is 0 Å². The summed E-state index contributed by atoms with van der Waals surface area (Å²) in [6.07, 6.45) is 3.50. The molecule has 0 amide bonds. The second-order valence-corrected chi connectivity index (χ2v) is 6.67. The molecular weight excluding hydrogens is 292 g/mol. The van der Waals surface area contributed by atoms with E-state index in [0.717, 1.165) is 12.8 Å². The lowest BCUT2D eigenvalue weighted by molar-refractivity contribution is 0.766. The molecule has 0 saturated heterocycles. The van der Waals surface area contributed by atoms with Crippen molar-refractivity contribution >= 4 is 27.3 Å². The van der Waals surface area contributed by atoms with Crippen LogP contribution in [0.2, 0.25) is 0 Å². The van der Waals surface area contributed by atoms with Gasteiger partial charge in [-0.3, -0.25) is 0 Å². The third-order valence-electron chi connectivity index (χ3n) is 2.99. The van der Waals surface area contributed by atoms with Gasteiger partial charge in [0.1, 0.15) is 0 Å². The number of benzene rings is 1. The summed E-state index contributed by atoms with van der Waals surface area (Å²) in [6, 6.07) is 13.0. The van der Waals surface area contributed by atoms with Gasteiger partial charge in [-0.25, -0.2) is 0 Å². The zero-order chi connectivity index (χ0) is 12.1. The minimum absolute atomic E-state index is 0.584. The average molecular weight is 309 g/mol. The molecule has 0 spiro atoms. The standard InChI is InChI=1S/C15H17BrS/c1-12-5-2-3-6-13(12)8-9-14(16)11-15-7-4-10-17-15/h2-7,10,14H,8-9,11H2,1H3. The zero-order valence-corrected chi connectivity index (χ0v) is 12.4. The topological polar surface area (TPSA) is 0 Å². The van der Waals surface area contributed by atoms with Crippen molar-refractivity contribution in [1.82, 2.24) is 0 Å². The van der Waals surface area contributed by atoms with Crippen molar-refractivity contribution in [3.8, 4) is 0 Å². The molecule has 90 valence electrons. The lowest BCUT2D eigenvalue weighted by atomic mass is 10.0. The Morgan fingerprint density at radius 3 is 2.71 bits per heavy atom. The van der Waals surface area contributed by atoms with Crippen molar-refractivity contribution in [3.05, 3.63) is 57.8 Å². The number of halogens is 1. The molecule has 0 aliphatic heterocycles. The lowest BCUT2D eigenvalue weighted by Crippen LogP contribution is -2.04. The Kier molecular flexibility index (Phi) is 4.81. The molecular formula is C15H17BrS. The summed E-state index contributed by atoms with van der Waals surface area (Å²) in [7, 11) is 0. The van der Waals surface area contributed by atoms with E-state index < -0.39 is 0 Å². The minimum atomic E-state index is 0.584. The molecule has 1 aromatic heterocycles. The second kappa shape index (κ2) is 6.36. The Balaban J connectivity index is 1.84. The SMILES string of the molecule is Cc1ccccc1CCC(Br)Cc1cccs1. The van der Waals surface area contributed by atoms with Gasteiger partial charge in [-0.05, 0) is 48.8 Å². The number of alkyl halides is 1. The maximum atomic E-state index is 3.79. The third kappa shape index (κ3) is 3.97. The highest BCUT2D eigenvalue weighted by molar-refractivity contribution is 9.09. The van der Waals surface area contributed by atoms with Crippen molar-refractivity contribution in [2.24, 2.45) is 0 Å². The third-order valence-corrected chi connectivity index (χ3v) is 4.67. The van der Waals surface area contributed by atoms with Gasteiger partial charge in [-0.1, -0.05) is 46.3 Å². The zero-order valence-electron chi connectivity index (χ0n) is 10.0. The van der Waals surface area contributed by atoms with Crippen LogP contribution in [0.15, 0.2) is 41.8 Å². The van der Waals surface area contributed by atoms with Crippen molar-refractivity contribution < 1.29 is 0 Å². The monoisotopic (exact) mass is 308 g/mol. The number of thiophene rings is 1. The Morgan fingerprint density at radius 1 is 1.18 bits per heavy atom. The molecule has 2 heteroatoms. The Bertz CT molecular complexity index is 448. The highest BCUT2D eigenvalue weighted by Crippen LogP contribution is 2.20. The van der Waals surface area contributed by atoms with Crippen LogP contribution in [0.3, 0.4) is 0 Å². The molecule has 2 rings (SSSR count). The smallest absolute Gasteiger partial charge is 0.0197 e. The molecule has 1 atom stereocenters. The summed E-state index contributed by atoms with van der Waals surface area (Å²) in [5.74, 6) is 0. The molecule has 0 fully saturated rings. The average Bonchev–Trinajstić information content (AvgIpc) is 2.81. The van der Waals surface area contributed by atoms with Crippen molar-refractivity contribution in [2.45, 2.75) is 31.0 Å². The summed E-state index contributed by atoms with van der Waals surface area (Å²) in [4.78, 5) is 2.05. The fourth-order valence-corrected chi connectivity index (χ4v) is 3.53. The normalized spacial score (nSPS) is 12.6. The van der Waals surface area contributed by atoms with Crippen LogP contribution in [-0.2, 0) is 12.8 Å². The van der Waals surface area contributed by atoms with Gasteiger partial charge in [0.2, 0.25) is 0 Å². The first kappa shape index (κ1) is 12.8. The van der Waals surface area contributed by atoms with Crippen LogP contribution in [-0.4, -0.2) is 4.83 Å². The van der Waals surface area contributed by atoms with E-state index in [1.165, 1.54) is 22.4 Å². The molecule has 2 aromatic rings. The van der Waals surface area contributed by atoms with E-state index in [2.05, 4.69) is 64.6 Å². The fraction of sp³-hybridized carbons (Fsp3) is 0.333. The number of aryl methyl sites for hydroxylation is 2. The summed E-state index contributed by atoms with van der Waals surface area (Å²) >= 11 is 5.63. The van der Waals surface area contributed by atoms with E-state index in [-0.39, 0.29) is 0 Å². The summed E-state index contributed by atoms with van der Waals surface area (Å²) in [6.45, 7) is 2.19. The van der Waals surface area contributed by atoms with Gasteiger partial charge in [0.25, 0.3) is 0 Å². The highest BCUT2D eigenvalue weighted by Gasteiger charge is 2.07. The largest absolute Gasteiger partial charge is 0.149 e. The molecule has 17 heavy (non-hydrogen) atoms. The van der Waals surface area contributed by atoms with Crippen LogP contribution in [0, 0.1) is 6.92 Å². The van der Waals surface area contributed by atoms with Crippen LogP contribution in [0.25, 0.3) is 0 Å². The summed E-state index contributed by atoms with van der Waals surface area (Å²) in [5, 5.41) is 2.15. The number of rotatable bonds is 5. The fourth-order valence-electron chi connectivity index (χ4n) is 1.95. The van der Waals surface area contributed by atoms with E-state index in [1.807, 2.05) is 11.3 Å². The Hall–Kier alpha value is -0.600. The van der Waals surface area contributed by atoms with Crippen LogP contribution in [0.5, 0.6) is 0 Å². The molecule has 1 unspecified atom stereocenters. The van der Waals surface area contributed by atoms with Gasteiger partial charge in [0.05, 0.1) is 0 Å². The molecule has 0 radical (unpaired) electrons. The predicted octanol–water partition coefficient (Wildman–Crippen LogP) is 5.00. The van der Waals surface area contributed by atoms with Crippen molar-refractivity contribution in [3.63, 3.8) is 0 Å². The van der Waals surface area contributed by atoms with E-state index in [4.69, 9.17) is 0 Å². The van der Waals surface area contributed by atoms with E-state index in [9.17, 15) is 0 Å². The van der Waals surface area contributed by atoms with Gasteiger partial charge in [-0.15, -0.1) is 11.3 Å². The van der Waals surface area contributed by atoms with Gasteiger partial charge in [-0.2, -0.15) is 0 Å². The quantitative estimate of drug-likeness (QED) is 0.682. The molecule has 1 aromatic carbocycles. The van der Waals surface area contributed by atoms with Crippen molar-refractivity contribution in [2.75, 3.05) is 0 Å². The minimum Gasteiger partial charge on any atom is -0.149 e. The van der Waals surface area contributed by atoms with E-state index in [0.29, 0.717) is 4.83 Å². The lowest BCUT2D eigenvalue weighted by Gasteiger charge is -2.10. The molecule has 0 aliphatic carbocycles. The van der Waals surface area contributed by atoms with Crippen LogP contribution in [0.4, 0.5) is 0 Å². The van der Waals surface area contributed by atoms with Crippen molar-refractivity contribution in [1.29, 1.82) is 0 Å². The number of hydrogen-bond acceptors (Lipinski definition) is 1. The van der Waals surface area contributed by atoms with Gasteiger partial charge < -0.3 is 0 Å². The predicted molar refractivity (Wildman–Crippen MR) is 80.2 cm³/mol. The Labute approximate surface area is 116 Å². The summed E-state index contributed by atoms with van der Waals surface area (Å²) in [5.41, 5.74) is 2.88. The first-order chi connectivity index (χ1) is 8.25. The molecule has 0 aliphatic rings. The highest BCUT2D eigenvalue weighted by atomic mass is 79.9. The van der Waals surface area contributed by atoms with E-state index >= 15 is 0 Å². The molecule has 1 heterocycles. The van der Waals surface area contributed by atoms with Gasteiger partial charge in [0.15, 0.2) is 0 Å². The molecule has 0 nitrogen and oxygen atoms in total. The van der Waals surface area contributed by atoms with Gasteiger partial charge >= 0.3 is 0 Å². The first-order valence-electron chi connectivity index (χ1n) is 5.96. The molecule has 0 bridgehead atoms. The maximum Gasteiger partial charge on any atom is 0.0197 e. The Morgan fingerprint density at radius 2 is 2.00 bits per heavy atom. The summed E-state index contributed by atoms with van der Waals surface area (Å²) < 4.78 is 0. The molecule has 0 N–H and O–H groups in total. The number of hydrogen-bond donors (Lipinski definition) is 0. The molecule has 0 saturated carbocycles. The maximum absolute atomic E-state index is 3.79. The second-order valence-electron chi connectivity index (χ2n) is 4.35. The van der Waals surface area contributed by atoms with Gasteiger partial charge in [0, 0.05) is 9.70 Å². The first-order valence-corrected chi connectivity index (χ1v) is 7.76. The van der Waals surface area contributed by atoms with Crippen LogP contribution >= 0.6 is 27.3 Å².